The standard InChI is InChI=1S/C11H10O4/c1-14-8-4-2-7(3-5-8)9-6-10(12)15-11(9)13/h2-5,9H,6H2,1H3/t9-/m1/s1. The van der Waals surface area contributed by atoms with Gasteiger partial charge in [-0.1, -0.05) is 12.1 Å². The van der Waals surface area contributed by atoms with E-state index in [0.717, 1.165) is 11.3 Å². The van der Waals surface area contributed by atoms with Gasteiger partial charge in [0.25, 0.3) is 0 Å². The molecule has 4 nitrogen and oxygen atoms in total. The number of cyclic esters (lactones) is 2. The summed E-state index contributed by atoms with van der Waals surface area (Å²) in [4.78, 5) is 22.2. The van der Waals surface area contributed by atoms with Crippen molar-refractivity contribution in [3.8, 4) is 5.75 Å². The Kier molecular flexibility index (Phi) is 2.41. The van der Waals surface area contributed by atoms with Crippen molar-refractivity contribution in [3.63, 3.8) is 0 Å². The third-order valence-corrected chi connectivity index (χ3v) is 2.39. The molecule has 0 unspecified atom stereocenters. The van der Waals surface area contributed by atoms with E-state index in [1.807, 2.05) is 0 Å². The molecule has 1 aliphatic heterocycles. The smallest absolute Gasteiger partial charge is 0.321 e. The topological polar surface area (TPSA) is 52.6 Å². The molecule has 15 heavy (non-hydrogen) atoms. The molecule has 0 N–H and O–H groups in total. The van der Waals surface area contributed by atoms with Crippen molar-refractivity contribution in [2.75, 3.05) is 7.11 Å². The third-order valence-electron chi connectivity index (χ3n) is 2.39. The van der Waals surface area contributed by atoms with E-state index in [2.05, 4.69) is 4.74 Å². The molecule has 1 atom stereocenters. The lowest BCUT2D eigenvalue weighted by atomic mass is 9.98. The van der Waals surface area contributed by atoms with Crippen LogP contribution in [0.1, 0.15) is 17.9 Å². The zero-order valence-corrected chi connectivity index (χ0v) is 8.23. The molecule has 4 heteroatoms. The summed E-state index contributed by atoms with van der Waals surface area (Å²) >= 11 is 0. The Morgan fingerprint density at radius 1 is 1.27 bits per heavy atom. The fourth-order valence-corrected chi connectivity index (χ4v) is 1.57. The number of benzene rings is 1. The molecule has 1 aliphatic rings. The maximum Gasteiger partial charge on any atom is 0.321 e. The SMILES string of the molecule is COc1ccc([C@H]2CC(=O)OC2=O)cc1. The highest BCUT2D eigenvalue weighted by Crippen LogP contribution is 2.28. The predicted octanol–water partition coefficient (Wildman–Crippen LogP) is 1.25. The zero-order valence-electron chi connectivity index (χ0n) is 8.23. The van der Waals surface area contributed by atoms with Crippen molar-refractivity contribution in [3.05, 3.63) is 29.8 Å². The van der Waals surface area contributed by atoms with E-state index in [1.165, 1.54) is 0 Å². The van der Waals surface area contributed by atoms with Crippen LogP contribution in [0.3, 0.4) is 0 Å². The van der Waals surface area contributed by atoms with Crippen molar-refractivity contribution in [2.45, 2.75) is 12.3 Å². The van der Waals surface area contributed by atoms with Gasteiger partial charge in [0.15, 0.2) is 0 Å². The molecular formula is C11H10O4. The number of hydrogen-bond donors (Lipinski definition) is 0. The van der Waals surface area contributed by atoms with E-state index in [9.17, 15) is 9.59 Å². The number of ether oxygens (including phenoxy) is 2. The molecule has 0 aromatic heterocycles. The minimum Gasteiger partial charge on any atom is -0.497 e. The third kappa shape index (κ3) is 1.83. The first-order valence-electron chi connectivity index (χ1n) is 4.59. The Bertz CT molecular complexity index is 394. The van der Waals surface area contributed by atoms with Gasteiger partial charge in [0.1, 0.15) is 5.75 Å². The second kappa shape index (κ2) is 3.73. The Morgan fingerprint density at radius 3 is 2.40 bits per heavy atom. The molecule has 0 aliphatic carbocycles. The minimum absolute atomic E-state index is 0.130. The van der Waals surface area contributed by atoms with Crippen molar-refractivity contribution in [1.82, 2.24) is 0 Å². The molecule has 1 saturated heterocycles. The van der Waals surface area contributed by atoms with Crippen LogP contribution in [0.25, 0.3) is 0 Å². The summed E-state index contributed by atoms with van der Waals surface area (Å²) in [6.45, 7) is 0. The van der Waals surface area contributed by atoms with Crippen molar-refractivity contribution < 1.29 is 19.1 Å². The Labute approximate surface area is 86.8 Å². The lowest BCUT2D eigenvalue weighted by Gasteiger charge is -2.05. The number of esters is 2. The molecule has 0 amide bonds. The minimum atomic E-state index is -0.467. The number of carbonyl (C=O) groups excluding carboxylic acids is 2. The molecule has 1 aromatic carbocycles. The van der Waals surface area contributed by atoms with Crippen LogP contribution in [-0.2, 0) is 14.3 Å². The maximum atomic E-state index is 11.3. The second-order valence-corrected chi connectivity index (χ2v) is 3.32. The van der Waals surface area contributed by atoms with E-state index >= 15 is 0 Å². The average molecular weight is 206 g/mol. The Hall–Kier alpha value is -1.84. The van der Waals surface area contributed by atoms with Crippen LogP contribution in [-0.4, -0.2) is 19.0 Å². The van der Waals surface area contributed by atoms with Crippen LogP contribution in [0.5, 0.6) is 5.75 Å². The van der Waals surface area contributed by atoms with Gasteiger partial charge in [-0.2, -0.15) is 0 Å². The summed E-state index contributed by atoms with van der Waals surface area (Å²) in [5, 5.41) is 0. The van der Waals surface area contributed by atoms with Gasteiger partial charge in [-0.3, -0.25) is 9.59 Å². The van der Waals surface area contributed by atoms with Crippen LogP contribution in [0.2, 0.25) is 0 Å². The molecule has 78 valence electrons. The molecule has 0 saturated carbocycles. The summed E-state index contributed by atoms with van der Waals surface area (Å²) in [6.07, 6.45) is 0.130. The van der Waals surface area contributed by atoms with Crippen molar-refractivity contribution >= 4 is 11.9 Å². The van der Waals surface area contributed by atoms with Gasteiger partial charge in [-0.25, -0.2) is 0 Å². The van der Waals surface area contributed by atoms with Gasteiger partial charge in [-0.15, -0.1) is 0 Å². The molecular weight excluding hydrogens is 196 g/mol. The molecule has 1 fully saturated rings. The monoisotopic (exact) mass is 206 g/mol. The first-order chi connectivity index (χ1) is 7.20. The van der Waals surface area contributed by atoms with Gasteiger partial charge in [-0.05, 0) is 17.7 Å². The molecule has 2 rings (SSSR count). The zero-order chi connectivity index (χ0) is 10.8. The fourth-order valence-electron chi connectivity index (χ4n) is 1.57. The van der Waals surface area contributed by atoms with Gasteiger partial charge >= 0.3 is 11.9 Å². The second-order valence-electron chi connectivity index (χ2n) is 3.32. The largest absolute Gasteiger partial charge is 0.497 e. The Balaban J connectivity index is 2.22. The molecule has 0 spiro atoms. The quantitative estimate of drug-likeness (QED) is 0.539. The van der Waals surface area contributed by atoms with Crippen LogP contribution in [0, 0.1) is 0 Å². The van der Waals surface area contributed by atoms with E-state index in [4.69, 9.17) is 4.74 Å². The number of carbonyl (C=O) groups is 2. The number of hydrogen-bond acceptors (Lipinski definition) is 4. The van der Waals surface area contributed by atoms with E-state index in [-0.39, 0.29) is 6.42 Å². The summed E-state index contributed by atoms with van der Waals surface area (Å²) in [5.41, 5.74) is 0.784. The highest BCUT2D eigenvalue weighted by molar-refractivity contribution is 5.97. The van der Waals surface area contributed by atoms with Gasteiger partial charge in [0, 0.05) is 0 Å². The lowest BCUT2D eigenvalue weighted by molar-refractivity contribution is -0.152. The van der Waals surface area contributed by atoms with E-state index in [1.54, 1.807) is 31.4 Å². The molecule has 0 bridgehead atoms. The fraction of sp³-hybridized carbons (Fsp3) is 0.273. The highest BCUT2D eigenvalue weighted by Gasteiger charge is 2.34. The summed E-state index contributed by atoms with van der Waals surface area (Å²) in [5.74, 6) is -0.661. The van der Waals surface area contributed by atoms with Crippen LogP contribution >= 0.6 is 0 Å². The van der Waals surface area contributed by atoms with E-state index in [0.29, 0.717) is 0 Å². The first kappa shape index (κ1) is 9.71. The summed E-state index contributed by atoms with van der Waals surface area (Å²) in [7, 11) is 1.57. The lowest BCUT2D eigenvalue weighted by Crippen LogP contribution is -2.05. The van der Waals surface area contributed by atoms with Crippen LogP contribution in [0.4, 0.5) is 0 Å². The van der Waals surface area contributed by atoms with Gasteiger partial charge in [0.2, 0.25) is 0 Å². The first-order valence-corrected chi connectivity index (χ1v) is 4.59. The summed E-state index contributed by atoms with van der Waals surface area (Å²) in [6, 6.07) is 7.05. The summed E-state index contributed by atoms with van der Waals surface area (Å²) < 4.78 is 9.47. The van der Waals surface area contributed by atoms with Crippen molar-refractivity contribution in [1.29, 1.82) is 0 Å². The van der Waals surface area contributed by atoms with Crippen molar-refractivity contribution in [2.24, 2.45) is 0 Å². The van der Waals surface area contributed by atoms with Gasteiger partial charge in [0.05, 0.1) is 19.4 Å². The molecule has 1 heterocycles. The number of methoxy groups -OCH3 is 1. The highest BCUT2D eigenvalue weighted by atomic mass is 16.6. The number of rotatable bonds is 2. The molecule has 0 radical (unpaired) electrons. The predicted molar refractivity (Wildman–Crippen MR) is 51.5 cm³/mol. The average Bonchev–Trinajstić information content (AvgIpc) is 2.58. The van der Waals surface area contributed by atoms with Crippen LogP contribution in [0.15, 0.2) is 24.3 Å². The molecule has 1 aromatic rings. The van der Waals surface area contributed by atoms with E-state index < -0.39 is 17.9 Å². The normalized spacial score (nSPS) is 20.2. The van der Waals surface area contributed by atoms with Crippen LogP contribution < -0.4 is 4.74 Å². The maximum absolute atomic E-state index is 11.3. The Morgan fingerprint density at radius 2 is 1.93 bits per heavy atom. The van der Waals surface area contributed by atoms with Gasteiger partial charge < -0.3 is 9.47 Å².